The summed E-state index contributed by atoms with van der Waals surface area (Å²) in [5.74, 6) is -1.27. The van der Waals surface area contributed by atoms with Crippen LogP contribution in [0.5, 0.6) is 0 Å². The fraction of sp³-hybridized carbons (Fsp3) is 0.750. The molecule has 0 aromatic rings. The summed E-state index contributed by atoms with van der Waals surface area (Å²) in [6.45, 7) is 6.64. The molecule has 70 valence electrons. The molecule has 1 amide bonds. The van der Waals surface area contributed by atoms with Crippen LogP contribution in [0, 0.1) is 5.41 Å². The molecular weight excluding hydrogens is 158 g/mol. The molecule has 0 spiro atoms. The van der Waals surface area contributed by atoms with Gasteiger partial charge in [-0.2, -0.15) is 0 Å². The highest BCUT2D eigenvalue weighted by Gasteiger charge is 2.24. The first-order valence-corrected chi connectivity index (χ1v) is 3.79. The Morgan fingerprint density at radius 1 is 1.33 bits per heavy atom. The number of carboxylic acids is 1. The first-order valence-electron chi connectivity index (χ1n) is 3.79. The lowest BCUT2D eigenvalue weighted by atomic mass is 9.95. The maximum Gasteiger partial charge on any atom is 0.325 e. The number of hydrogen-bond acceptors (Lipinski definition) is 2. The largest absolute Gasteiger partial charge is 0.480 e. The van der Waals surface area contributed by atoms with E-state index in [1.165, 1.54) is 6.92 Å². The predicted molar refractivity (Wildman–Crippen MR) is 44.7 cm³/mol. The zero-order chi connectivity index (χ0) is 9.94. The average molecular weight is 173 g/mol. The molecule has 1 atom stereocenters. The summed E-state index contributed by atoms with van der Waals surface area (Å²) in [5, 5.41) is 10.9. The van der Waals surface area contributed by atoms with Crippen molar-refractivity contribution < 1.29 is 14.7 Å². The van der Waals surface area contributed by atoms with Crippen LogP contribution in [0.1, 0.15) is 27.7 Å². The topological polar surface area (TPSA) is 66.4 Å². The van der Waals surface area contributed by atoms with Gasteiger partial charge in [0.15, 0.2) is 0 Å². The zero-order valence-corrected chi connectivity index (χ0v) is 7.84. The van der Waals surface area contributed by atoms with Crippen molar-refractivity contribution in [1.29, 1.82) is 0 Å². The van der Waals surface area contributed by atoms with Crippen molar-refractivity contribution in [1.82, 2.24) is 5.32 Å². The molecule has 0 aromatic carbocycles. The van der Waals surface area contributed by atoms with Gasteiger partial charge < -0.3 is 10.4 Å². The summed E-state index contributed by atoms with van der Waals surface area (Å²) < 4.78 is 0. The normalized spacial score (nSPS) is 13.7. The van der Waals surface area contributed by atoms with Crippen LogP contribution in [0.3, 0.4) is 0 Å². The highest BCUT2D eigenvalue weighted by molar-refractivity contribution is 5.86. The lowest BCUT2D eigenvalue weighted by Gasteiger charge is -2.19. The van der Waals surface area contributed by atoms with E-state index in [9.17, 15) is 9.59 Å². The van der Waals surface area contributed by atoms with Gasteiger partial charge in [-0.1, -0.05) is 20.8 Å². The van der Waals surface area contributed by atoms with Crippen molar-refractivity contribution in [3.8, 4) is 0 Å². The van der Waals surface area contributed by atoms with Gasteiger partial charge in [0, 0.05) is 5.41 Å². The molecule has 1 unspecified atom stereocenters. The van der Waals surface area contributed by atoms with Crippen LogP contribution in [0.15, 0.2) is 0 Å². The second kappa shape index (κ2) is 3.56. The monoisotopic (exact) mass is 173 g/mol. The first-order chi connectivity index (χ1) is 5.25. The fourth-order valence-corrected chi connectivity index (χ4v) is 0.475. The molecule has 0 aliphatic carbocycles. The van der Waals surface area contributed by atoms with Crippen molar-refractivity contribution in [2.75, 3.05) is 0 Å². The van der Waals surface area contributed by atoms with Gasteiger partial charge in [-0.05, 0) is 6.92 Å². The van der Waals surface area contributed by atoms with E-state index in [-0.39, 0.29) is 5.91 Å². The van der Waals surface area contributed by atoms with Crippen LogP contribution in [0.4, 0.5) is 0 Å². The number of aliphatic carboxylic acids is 1. The Morgan fingerprint density at radius 2 is 1.75 bits per heavy atom. The second-order valence-electron chi connectivity index (χ2n) is 3.78. The highest BCUT2D eigenvalue weighted by Crippen LogP contribution is 2.12. The van der Waals surface area contributed by atoms with Crippen LogP contribution in [0.2, 0.25) is 0 Å². The van der Waals surface area contributed by atoms with E-state index >= 15 is 0 Å². The van der Waals surface area contributed by atoms with Crippen molar-refractivity contribution >= 4 is 11.9 Å². The Labute approximate surface area is 72.0 Å². The standard InChI is InChI=1S/C8H15NO3/c1-5(6(10)11)9-7(12)8(2,3)4/h5H,1-4H3,(H,9,12)(H,10,11). The number of carboxylic acid groups (broad SMARTS) is 1. The van der Waals surface area contributed by atoms with Crippen molar-refractivity contribution in [2.24, 2.45) is 5.41 Å². The number of carbonyl (C=O) groups excluding carboxylic acids is 1. The number of nitrogens with one attached hydrogen (secondary N) is 1. The van der Waals surface area contributed by atoms with Crippen LogP contribution < -0.4 is 5.32 Å². The molecule has 4 heteroatoms. The Kier molecular flexibility index (Phi) is 3.24. The summed E-state index contributed by atoms with van der Waals surface area (Å²) in [4.78, 5) is 21.6. The molecule has 0 bridgehead atoms. The lowest BCUT2D eigenvalue weighted by Crippen LogP contribution is -2.43. The maximum absolute atomic E-state index is 11.2. The molecule has 0 aromatic heterocycles. The molecular formula is C8H15NO3. The van der Waals surface area contributed by atoms with Gasteiger partial charge in [0.05, 0.1) is 0 Å². The van der Waals surface area contributed by atoms with E-state index in [0.717, 1.165) is 0 Å². The third-order valence-electron chi connectivity index (χ3n) is 1.40. The summed E-state index contributed by atoms with van der Waals surface area (Å²) in [7, 11) is 0. The van der Waals surface area contributed by atoms with Gasteiger partial charge in [-0.3, -0.25) is 9.59 Å². The SMILES string of the molecule is CC(NC(=O)C(C)(C)C)C(=O)O. The molecule has 0 rings (SSSR count). The lowest BCUT2D eigenvalue weighted by molar-refractivity contribution is -0.142. The second-order valence-corrected chi connectivity index (χ2v) is 3.78. The van der Waals surface area contributed by atoms with Gasteiger partial charge in [0.2, 0.25) is 5.91 Å². The minimum absolute atomic E-state index is 0.252. The quantitative estimate of drug-likeness (QED) is 0.643. The van der Waals surface area contributed by atoms with E-state index in [1.807, 2.05) is 0 Å². The summed E-state index contributed by atoms with van der Waals surface area (Å²) in [6, 6.07) is -0.822. The smallest absolute Gasteiger partial charge is 0.325 e. The van der Waals surface area contributed by atoms with Crippen molar-refractivity contribution in [3.63, 3.8) is 0 Å². The third kappa shape index (κ3) is 3.37. The first kappa shape index (κ1) is 10.9. The van der Waals surface area contributed by atoms with E-state index in [4.69, 9.17) is 5.11 Å². The fourth-order valence-electron chi connectivity index (χ4n) is 0.475. The van der Waals surface area contributed by atoms with Crippen LogP contribution >= 0.6 is 0 Å². The van der Waals surface area contributed by atoms with Crippen molar-refractivity contribution in [2.45, 2.75) is 33.7 Å². The highest BCUT2D eigenvalue weighted by atomic mass is 16.4. The van der Waals surface area contributed by atoms with Gasteiger partial charge in [0.1, 0.15) is 6.04 Å². The summed E-state index contributed by atoms with van der Waals surface area (Å²) >= 11 is 0. The Hall–Kier alpha value is -1.06. The number of amides is 1. The molecule has 0 heterocycles. The predicted octanol–water partition coefficient (Wildman–Crippen LogP) is 0.622. The van der Waals surface area contributed by atoms with E-state index in [1.54, 1.807) is 20.8 Å². The van der Waals surface area contributed by atoms with Gasteiger partial charge >= 0.3 is 5.97 Å². The molecule has 2 N–H and O–H groups in total. The molecule has 0 radical (unpaired) electrons. The van der Waals surface area contributed by atoms with Crippen LogP contribution in [-0.2, 0) is 9.59 Å². The molecule has 0 fully saturated rings. The van der Waals surface area contributed by atoms with E-state index in [2.05, 4.69) is 5.32 Å². The molecule has 0 aliphatic heterocycles. The van der Waals surface area contributed by atoms with Gasteiger partial charge in [0.25, 0.3) is 0 Å². The molecule has 12 heavy (non-hydrogen) atoms. The average Bonchev–Trinajstić information content (AvgIpc) is 1.85. The Bertz CT molecular complexity index is 193. The van der Waals surface area contributed by atoms with E-state index < -0.39 is 17.4 Å². The Balaban J connectivity index is 4.11. The molecule has 0 aliphatic rings. The minimum Gasteiger partial charge on any atom is -0.480 e. The molecule has 0 saturated carbocycles. The molecule has 0 saturated heterocycles. The third-order valence-corrected chi connectivity index (χ3v) is 1.40. The van der Waals surface area contributed by atoms with Crippen LogP contribution in [0.25, 0.3) is 0 Å². The van der Waals surface area contributed by atoms with Gasteiger partial charge in [-0.25, -0.2) is 0 Å². The number of hydrogen-bond donors (Lipinski definition) is 2. The Morgan fingerprint density at radius 3 is 2.00 bits per heavy atom. The molecule has 4 nitrogen and oxygen atoms in total. The number of rotatable bonds is 2. The maximum atomic E-state index is 11.2. The van der Waals surface area contributed by atoms with Gasteiger partial charge in [-0.15, -0.1) is 0 Å². The minimum atomic E-state index is -1.02. The zero-order valence-electron chi connectivity index (χ0n) is 7.84. The number of carbonyl (C=O) groups is 2. The van der Waals surface area contributed by atoms with E-state index in [0.29, 0.717) is 0 Å². The van der Waals surface area contributed by atoms with Crippen LogP contribution in [-0.4, -0.2) is 23.0 Å². The summed E-state index contributed by atoms with van der Waals surface area (Å²) in [6.07, 6.45) is 0. The summed E-state index contributed by atoms with van der Waals surface area (Å²) in [5.41, 5.74) is -0.538. The van der Waals surface area contributed by atoms with Crippen molar-refractivity contribution in [3.05, 3.63) is 0 Å².